The van der Waals surface area contributed by atoms with E-state index >= 15 is 0 Å². The van der Waals surface area contributed by atoms with Crippen LogP contribution in [0.1, 0.15) is 32.4 Å². The number of rotatable bonds is 7. The van der Waals surface area contributed by atoms with Gasteiger partial charge in [-0.3, -0.25) is 4.79 Å². The van der Waals surface area contributed by atoms with Crippen molar-refractivity contribution < 1.29 is 9.53 Å². The average molecular weight is 340 g/mol. The number of carbonyl (C=O) groups is 1. The molecule has 2 N–H and O–H groups in total. The maximum absolute atomic E-state index is 12.5. The Labute approximate surface area is 150 Å². The van der Waals surface area contributed by atoms with Gasteiger partial charge in [-0.25, -0.2) is 0 Å². The van der Waals surface area contributed by atoms with E-state index in [0.29, 0.717) is 13.1 Å². The predicted octanol–water partition coefficient (Wildman–Crippen LogP) is 3.87. The van der Waals surface area contributed by atoms with Crippen LogP contribution in [-0.4, -0.2) is 31.0 Å². The summed E-state index contributed by atoms with van der Waals surface area (Å²) < 4.78 is 5.29. The lowest BCUT2D eigenvalue weighted by Crippen LogP contribution is -2.39. The molecule has 4 nitrogen and oxygen atoms in total. The lowest BCUT2D eigenvalue weighted by atomic mass is 9.99. The summed E-state index contributed by atoms with van der Waals surface area (Å²) in [4.78, 5) is 14.4. The average Bonchev–Trinajstić information content (AvgIpc) is 2.67. The van der Waals surface area contributed by atoms with Gasteiger partial charge in [0.15, 0.2) is 0 Å². The highest BCUT2D eigenvalue weighted by Gasteiger charge is 2.23. The Morgan fingerprint density at radius 1 is 1.12 bits per heavy atom. The van der Waals surface area contributed by atoms with E-state index < -0.39 is 0 Å². The molecule has 2 unspecified atom stereocenters. The van der Waals surface area contributed by atoms with Crippen molar-refractivity contribution >= 4 is 5.91 Å². The second-order valence-electron chi connectivity index (χ2n) is 6.29. The van der Waals surface area contributed by atoms with E-state index in [2.05, 4.69) is 37.3 Å². The minimum Gasteiger partial charge on any atom is -0.497 e. The molecule has 0 heterocycles. The third kappa shape index (κ3) is 4.40. The van der Waals surface area contributed by atoms with Gasteiger partial charge in [0.25, 0.3) is 0 Å². The van der Waals surface area contributed by atoms with Crippen molar-refractivity contribution in [2.45, 2.75) is 26.8 Å². The van der Waals surface area contributed by atoms with Gasteiger partial charge in [0.05, 0.1) is 13.2 Å². The summed E-state index contributed by atoms with van der Waals surface area (Å²) in [6.07, 6.45) is 0. The summed E-state index contributed by atoms with van der Waals surface area (Å²) in [5, 5.41) is 0. The summed E-state index contributed by atoms with van der Waals surface area (Å²) in [6.45, 7) is 6.98. The van der Waals surface area contributed by atoms with Crippen LogP contribution < -0.4 is 10.5 Å². The molecule has 0 aromatic heterocycles. The number of methoxy groups -OCH3 is 1. The molecule has 0 aliphatic heterocycles. The van der Waals surface area contributed by atoms with Gasteiger partial charge in [-0.2, -0.15) is 0 Å². The first-order chi connectivity index (χ1) is 12.0. The standard InChI is InChI=1S/C21H28N2O2/c1-5-23(21(24)15(2)14-22)16(3)17-9-11-18(12-10-17)19-7-6-8-20(13-19)25-4/h6-13,15-16H,5,14,22H2,1-4H3. The topological polar surface area (TPSA) is 55.6 Å². The summed E-state index contributed by atoms with van der Waals surface area (Å²) in [5.74, 6) is 0.793. The second kappa shape index (κ2) is 8.67. The molecule has 25 heavy (non-hydrogen) atoms. The molecule has 2 aromatic rings. The highest BCUT2D eigenvalue weighted by Crippen LogP contribution is 2.27. The van der Waals surface area contributed by atoms with Crippen LogP contribution in [0.4, 0.5) is 0 Å². The van der Waals surface area contributed by atoms with Crippen LogP contribution in [-0.2, 0) is 4.79 Å². The fourth-order valence-corrected chi connectivity index (χ4v) is 2.94. The van der Waals surface area contributed by atoms with Gasteiger partial charge in [0, 0.05) is 19.0 Å². The van der Waals surface area contributed by atoms with Gasteiger partial charge in [0.1, 0.15) is 5.75 Å². The maximum Gasteiger partial charge on any atom is 0.227 e. The molecule has 2 aromatic carbocycles. The van der Waals surface area contributed by atoms with Crippen LogP contribution >= 0.6 is 0 Å². The van der Waals surface area contributed by atoms with Gasteiger partial charge >= 0.3 is 0 Å². The molecule has 134 valence electrons. The molecule has 0 saturated heterocycles. The van der Waals surface area contributed by atoms with Gasteiger partial charge in [-0.05, 0) is 42.7 Å². The van der Waals surface area contributed by atoms with Crippen LogP contribution in [0.15, 0.2) is 48.5 Å². The zero-order valence-electron chi connectivity index (χ0n) is 15.5. The highest BCUT2D eigenvalue weighted by molar-refractivity contribution is 5.79. The molecule has 0 saturated carbocycles. The Hall–Kier alpha value is -2.33. The van der Waals surface area contributed by atoms with E-state index in [1.165, 1.54) is 0 Å². The summed E-state index contributed by atoms with van der Waals surface area (Å²) in [7, 11) is 1.67. The van der Waals surface area contributed by atoms with Gasteiger partial charge < -0.3 is 15.4 Å². The van der Waals surface area contributed by atoms with E-state index in [4.69, 9.17) is 10.5 Å². The fourth-order valence-electron chi connectivity index (χ4n) is 2.94. The van der Waals surface area contributed by atoms with Crippen molar-refractivity contribution in [3.8, 4) is 16.9 Å². The number of nitrogens with zero attached hydrogens (tertiary/aromatic N) is 1. The van der Waals surface area contributed by atoms with Crippen molar-refractivity contribution in [2.24, 2.45) is 11.7 Å². The second-order valence-corrected chi connectivity index (χ2v) is 6.29. The Morgan fingerprint density at radius 2 is 1.80 bits per heavy atom. The van der Waals surface area contributed by atoms with E-state index in [0.717, 1.165) is 22.4 Å². The van der Waals surface area contributed by atoms with E-state index in [9.17, 15) is 4.79 Å². The molecule has 2 atom stereocenters. The number of amides is 1. The summed E-state index contributed by atoms with van der Waals surface area (Å²) >= 11 is 0. The van der Waals surface area contributed by atoms with Crippen LogP contribution in [0.5, 0.6) is 5.75 Å². The minimum absolute atomic E-state index is 0.0193. The molecule has 0 spiro atoms. The number of carbonyl (C=O) groups excluding carboxylic acids is 1. The zero-order chi connectivity index (χ0) is 18.4. The number of benzene rings is 2. The van der Waals surface area contributed by atoms with Gasteiger partial charge in [0.2, 0.25) is 5.91 Å². The van der Waals surface area contributed by atoms with Crippen molar-refractivity contribution in [3.63, 3.8) is 0 Å². The monoisotopic (exact) mass is 340 g/mol. The van der Waals surface area contributed by atoms with Crippen LogP contribution in [0, 0.1) is 5.92 Å². The molecular formula is C21H28N2O2. The van der Waals surface area contributed by atoms with Gasteiger partial charge in [-0.1, -0.05) is 43.3 Å². The number of ether oxygens (including phenoxy) is 1. The smallest absolute Gasteiger partial charge is 0.227 e. The lowest BCUT2D eigenvalue weighted by Gasteiger charge is -2.30. The largest absolute Gasteiger partial charge is 0.497 e. The molecule has 1 amide bonds. The molecule has 0 fully saturated rings. The van der Waals surface area contributed by atoms with Crippen LogP contribution in [0.3, 0.4) is 0 Å². The van der Waals surface area contributed by atoms with Crippen molar-refractivity contribution in [1.29, 1.82) is 0 Å². The van der Waals surface area contributed by atoms with Gasteiger partial charge in [-0.15, -0.1) is 0 Å². The first-order valence-corrected chi connectivity index (χ1v) is 8.76. The number of nitrogens with two attached hydrogens (primary N) is 1. The number of hydrogen-bond donors (Lipinski definition) is 1. The Bertz CT molecular complexity index is 697. The first-order valence-electron chi connectivity index (χ1n) is 8.76. The molecule has 0 aliphatic rings. The van der Waals surface area contributed by atoms with E-state index in [1.54, 1.807) is 7.11 Å². The lowest BCUT2D eigenvalue weighted by molar-refractivity contribution is -0.136. The SMILES string of the molecule is CCN(C(=O)C(C)CN)C(C)c1ccc(-c2cccc(OC)c2)cc1. The van der Waals surface area contributed by atoms with Crippen LogP contribution in [0.2, 0.25) is 0 Å². The molecule has 0 radical (unpaired) electrons. The molecule has 0 bridgehead atoms. The molecular weight excluding hydrogens is 312 g/mol. The van der Waals surface area contributed by atoms with E-state index in [1.807, 2.05) is 36.9 Å². The number of hydrogen-bond acceptors (Lipinski definition) is 3. The Kier molecular flexibility index (Phi) is 6.59. The Morgan fingerprint density at radius 3 is 2.36 bits per heavy atom. The van der Waals surface area contributed by atoms with Crippen LogP contribution in [0.25, 0.3) is 11.1 Å². The summed E-state index contributed by atoms with van der Waals surface area (Å²) in [5.41, 5.74) is 9.01. The third-order valence-electron chi connectivity index (χ3n) is 4.66. The van der Waals surface area contributed by atoms with E-state index in [-0.39, 0.29) is 17.9 Å². The first kappa shape index (κ1) is 19.0. The van der Waals surface area contributed by atoms with Crippen molar-refractivity contribution in [3.05, 3.63) is 54.1 Å². The Balaban J connectivity index is 2.21. The highest BCUT2D eigenvalue weighted by atomic mass is 16.5. The van der Waals surface area contributed by atoms with Crippen molar-refractivity contribution in [2.75, 3.05) is 20.2 Å². The molecule has 0 aliphatic carbocycles. The summed E-state index contributed by atoms with van der Waals surface area (Å²) in [6, 6.07) is 16.4. The normalized spacial score (nSPS) is 13.2. The maximum atomic E-state index is 12.5. The fraction of sp³-hybridized carbons (Fsp3) is 0.381. The molecule has 4 heteroatoms. The third-order valence-corrected chi connectivity index (χ3v) is 4.66. The predicted molar refractivity (Wildman–Crippen MR) is 102 cm³/mol. The quantitative estimate of drug-likeness (QED) is 0.832. The van der Waals surface area contributed by atoms with Crippen molar-refractivity contribution in [1.82, 2.24) is 4.90 Å². The molecule has 2 rings (SSSR count). The zero-order valence-corrected chi connectivity index (χ0v) is 15.5. The minimum atomic E-state index is -0.154.